The van der Waals surface area contributed by atoms with Gasteiger partial charge >= 0.3 is 0 Å². The SMILES string of the molecule is Nc1c(-c2cccnc2)cc(-c2cccnc2)cc1[N+](=O)[O-]. The number of aromatic nitrogens is 2. The third-order valence-electron chi connectivity index (χ3n) is 3.32. The fourth-order valence-electron chi connectivity index (χ4n) is 2.25. The van der Waals surface area contributed by atoms with E-state index in [-0.39, 0.29) is 11.4 Å². The van der Waals surface area contributed by atoms with Crippen molar-refractivity contribution in [2.24, 2.45) is 0 Å². The summed E-state index contributed by atoms with van der Waals surface area (Å²) >= 11 is 0. The van der Waals surface area contributed by atoms with Crippen LogP contribution in [0, 0.1) is 10.1 Å². The molecule has 0 atom stereocenters. The molecule has 0 aliphatic heterocycles. The molecule has 2 heterocycles. The molecule has 2 aromatic heterocycles. The van der Waals surface area contributed by atoms with Gasteiger partial charge in [-0.05, 0) is 23.8 Å². The van der Waals surface area contributed by atoms with Crippen LogP contribution in [0.1, 0.15) is 0 Å². The predicted octanol–water partition coefficient (Wildman–Crippen LogP) is 3.30. The van der Waals surface area contributed by atoms with E-state index in [0.717, 1.165) is 11.1 Å². The largest absolute Gasteiger partial charge is 0.393 e. The number of nitrogens with two attached hydrogens (primary N) is 1. The number of nitro benzene ring substituents is 1. The molecule has 0 bridgehead atoms. The summed E-state index contributed by atoms with van der Waals surface area (Å²) in [5.41, 5.74) is 8.77. The topological polar surface area (TPSA) is 94.9 Å². The summed E-state index contributed by atoms with van der Waals surface area (Å²) < 4.78 is 0. The first-order chi connectivity index (χ1) is 10.7. The average molecular weight is 292 g/mol. The van der Waals surface area contributed by atoms with Gasteiger partial charge in [-0.15, -0.1) is 0 Å². The van der Waals surface area contributed by atoms with Gasteiger partial charge in [-0.1, -0.05) is 12.1 Å². The van der Waals surface area contributed by atoms with Crippen LogP contribution in [0.5, 0.6) is 0 Å². The maximum Gasteiger partial charge on any atom is 0.293 e. The number of hydrogen-bond donors (Lipinski definition) is 1. The van der Waals surface area contributed by atoms with Crippen LogP contribution >= 0.6 is 0 Å². The van der Waals surface area contributed by atoms with Crippen LogP contribution in [-0.4, -0.2) is 14.9 Å². The van der Waals surface area contributed by atoms with Gasteiger partial charge in [0.2, 0.25) is 0 Å². The van der Waals surface area contributed by atoms with Gasteiger partial charge in [-0.25, -0.2) is 0 Å². The van der Waals surface area contributed by atoms with E-state index in [0.29, 0.717) is 11.1 Å². The lowest BCUT2D eigenvalue weighted by Crippen LogP contribution is -1.99. The van der Waals surface area contributed by atoms with Crippen molar-refractivity contribution in [3.05, 3.63) is 71.3 Å². The summed E-state index contributed by atoms with van der Waals surface area (Å²) in [5.74, 6) is 0. The highest BCUT2D eigenvalue weighted by atomic mass is 16.6. The van der Waals surface area contributed by atoms with Crippen molar-refractivity contribution >= 4 is 11.4 Å². The van der Waals surface area contributed by atoms with Gasteiger partial charge in [0.15, 0.2) is 0 Å². The van der Waals surface area contributed by atoms with E-state index in [1.807, 2.05) is 18.2 Å². The van der Waals surface area contributed by atoms with Crippen molar-refractivity contribution in [2.75, 3.05) is 5.73 Å². The Hall–Kier alpha value is -3.28. The second-order valence-corrected chi connectivity index (χ2v) is 4.70. The fraction of sp³-hybridized carbons (Fsp3) is 0. The zero-order valence-corrected chi connectivity index (χ0v) is 11.5. The summed E-state index contributed by atoms with van der Waals surface area (Å²) in [4.78, 5) is 18.9. The molecule has 1 aromatic carbocycles. The van der Waals surface area contributed by atoms with Crippen molar-refractivity contribution in [1.29, 1.82) is 0 Å². The molecule has 0 aliphatic carbocycles. The molecule has 0 spiro atoms. The fourth-order valence-corrected chi connectivity index (χ4v) is 2.25. The number of nitro groups is 1. The van der Waals surface area contributed by atoms with Crippen molar-refractivity contribution in [3.63, 3.8) is 0 Å². The van der Waals surface area contributed by atoms with Gasteiger partial charge in [-0.3, -0.25) is 20.1 Å². The van der Waals surface area contributed by atoms with Crippen LogP contribution in [0.4, 0.5) is 11.4 Å². The number of hydrogen-bond acceptors (Lipinski definition) is 5. The minimum atomic E-state index is -0.477. The molecule has 6 heteroatoms. The molecule has 108 valence electrons. The molecule has 22 heavy (non-hydrogen) atoms. The van der Waals surface area contributed by atoms with Gasteiger partial charge in [0.05, 0.1) is 4.92 Å². The van der Waals surface area contributed by atoms with E-state index >= 15 is 0 Å². The maximum atomic E-state index is 11.3. The molecule has 0 aliphatic rings. The van der Waals surface area contributed by atoms with E-state index in [1.54, 1.807) is 36.9 Å². The van der Waals surface area contributed by atoms with Crippen LogP contribution in [0.2, 0.25) is 0 Å². The van der Waals surface area contributed by atoms with Crippen molar-refractivity contribution in [3.8, 4) is 22.3 Å². The molecule has 0 unspecified atom stereocenters. The Kier molecular flexibility index (Phi) is 3.49. The summed E-state index contributed by atoms with van der Waals surface area (Å²) in [6, 6.07) is 10.5. The minimum Gasteiger partial charge on any atom is -0.393 e. The first-order valence-corrected chi connectivity index (χ1v) is 6.55. The van der Waals surface area contributed by atoms with Gasteiger partial charge in [-0.2, -0.15) is 0 Å². The third-order valence-corrected chi connectivity index (χ3v) is 3.32. The maximum absolute atomic E-state index is 11.3. The Bertz CT molecular complexity index is 820. The molecule has 3 rings (SSSR count). The van der Waals surface area contributed by atoms with E-state index in [2.05, 4.69) is 9.97 Å². The quantitative estimate of drug-likeness (QED) is 0.454. The van der Waals surface area contributed by atoms with Crippen molar-refractivity contribution in [1.82, 2.24) is 9.97 Å². The number of pyridine rings is 2. The molecule has 0 saturated carbocycles. The van der Waals surface area contributed by atoms with E-state index < -0.39 is 4.92 Å². The Labute approximate surface area is 126 Å². The lowest BCUT2D eigenvalue weighted by molar-refractivity contribution is -0.383. The van der Waals surface area contributed by atoms with Crippen LogP contribution in [0.15, 0.2) is 61.2 Å². The second-order valence-electron chi connectivity index (χ2n) is 4.70. The molecule has 0 fully saturated rings. The summed E-state index contributed by atoms with van der Waals surface area (Å²) in [5, 5.41) is 11.3. The summed E-state index contributed by atoms with van der Waals surface area (Å²) in [6.45, 7) is 0. The predicted molar refractivity (Wildman–Crippen MR) is 84.0 cm³/mol. The molecule has 2 N–H and O–H groups in total. The molecule has 6 nitrogen and oxygen atoms in total. The average Bonchev–Trinajstić information content (AvgIpc) is 2.56. The second kappa shape index (κ2) is 5.61. The molecule has 0 amide bonds. The zero-order chi connectivity index (χ0) is 15.5. The number of anilines is 1. The lowest BCUT2D eigenvalue weighted by atomic mass is 9.98. The van der Waals surface area contributed by atoms with Gasteiger partial charge in [0.25, 0.3) is 5.69 Å². The zero-order valence-electron chi connectivity index (χ0n) is 11.5. The standard InChI is InChI=1S/C16H12N4O2/c17-16-14(12-4-2-6-19-10-12)7-13(8-15(16)20(21)22)11-3-1-5-18-9-11/h1-10H,17H2. The van der Waals surface area contributed by atoms with E-state index in [4.69, 9.17) is 5.73 Å². The Morgan fingerprint density at radius 2 is 1.59 bits per heavy atom. The Balaban J connectivity index is 2.26. The van der Waals surface area contributed by atoms with Crippen LogP contribution in [-0.2, 0) is 0 Å². The normalized spacial score (nSPS) is 10.4. The molecular weight excluding hydrogens is 280 g/mol. The molecule has 0 radical (unpaired) electrons. The first kappa shape index (κ1) is 13.7. The highest BCUT2D eigenvalue weighted by Gasteiger charge is 2.19. The molecule has 3 aromatic rings. The summed E-state index contributed by atoms with van der Waals surface area (Å²) in [7, 11) is 0. The van der Waals surface area contributed by atoms with Gasteiger partial charge in [0, 0.05) is 47.5 Å². The van der Waals surface area contributed by atoms with E-state index in [1.165, 1.54) is 6.07 Å². The third kappa shape index (κ3) is 2.49. The van der Waals surface area contributed by atoms with Crippen LogP contribution < -0.4 is 5.73 Å². The number of nitrogen functional groups attached to an aromatic ring is 1. The Morgan fingerprint density at radius 3 is 2.14 bits per heavy atom. The highest BCUT2D eigenvalue weighted by Crippen LogP contribution is 2.37. The number of nitrogens with zero attached hydrogens (tertiary/aromatic N) is 3. The molecular formula is C16H12N4O2. The monoisotopic (exact) mass is 292 g/mol. The van der Waals surface area contributed by atoms with Crippen molar-refractivity contribution < 1.29 is 4.92 Å². The summed E-state index contributed by atoms with van der Waals surface area (Å²) in [6.07, 6.45) is 6.57. The Morgan fingerprint density at radius 1 is 0.955 bits per heavy atom. The van der Waals surface area contributed by atoms with Gasteiger partial charge in [0.1, 0.15) is 5.69 Å². The van der Waals surface area contributed by atoms with E-state index in [9.17, 15) is 10.1 Å². The minimum absolute atomic E-state index is 0.125. The smallest absolute Gasteiger partial charge is 0.293 e. The van der Waals surface area contributed by atoms with Crippen molar-refractivity contribution in [2.45, 2.75) is 0 Å². The lowest BCUT2D eigenvalue weighted by Gasteiger charge is -2.10. The van der Waals surface area contributed by atoms with Crippen LogP contribution in [0.3, 0.4) is 0 Å². The molecule has 0 saturated heterocycles. The van der Waals surface area contributed by atoms with Gasteiger partial charge < -0.3 is 5.73 Å². The number of rotatable bonds is 3. The van der Waals surface area contributed by atoms with Crippen LogP contribution in [0.25, 0.3) is 22.3 Å². The highest BCUT2D eigenvalue weighted by molar-refractivity contribution is 5.87. The number of benzene rings is 1. The first-order valence-electron chi connectivity index (χ1n) is 6.55.